The second-order valence-corrected chi connectivity index (χ2v) is 5.29. The first-order valence-corrected chi connectivity index (χ1v) is 5.91. The van der Waals surface area contributed by atoms with E-state index in [1.54, 1.807) is 12.4 Å². The van der Waals surface area contributed by atoms with E-state index in [4.69, 9.17) is 10.5 Å². The molecule has 1 aliphatic rings. The number of hydrogen-bond acceptors (Lipinski definition) is 5. The smallest absolute Gasteiger partial charge is 0.141 e. The maximum absolute atomic E-state index is 5.86. The average molecular weight is 236 g/mol. The van der Waals surface area contributed by atoms with Crippen molar-refractivity contribution in [2.45, 2.75) is 39.0 Å². The van der Waals surface area contributed by atoms with Crippen LogP contribution in [0.2, 0.25) is 0 Å². The van der Waals surface area contributed by atoms with Crippen LogP contribution in [0.15, 0.2) is 12.4 Å². The molecule has 1 aromatic heterocycles. The molecule has 2 heterocycles. The van der Waals surface area contributed by atoms with E-state index in [2.05, 4.69) is 35.6 Å². The summed E-state index contributed by atoms with van der Waals surface area (Å²) in [6.07, 6.45) is 3.59. The third kappa shape index (κ3) is 3.38. The lowest BCUT2D eigenvalue weighted by Crippen LogP contribution is -2.51. The van der Waals surface area contributed by atoms with E-state index in [0.29, 0.717) is 5.82 Å². The normalized spacial score (nSPS) is 24.8. The van der Waals surface area contributed by atoms with Crippen LogP contribution in [0.5, 0.6) is 0 Å². The van der Waals surface area contributed by atoms with Crippen LogP contribution in [-0.2, 0) is 11.3 Å². The molecule has 1 fully saturated rings. The first-order chi connectivity index (χ1) is 7.94. The fraction of sp³-hybridized carbons (Fsp3) is 0.667. The highest BCUT2D eigenvalue weighted by Crippen LogP contribution is 2.21. The fourth-order valence-electron chi connectivity index (χ4n) is 2.38. The van der Waals surface area contributed by atoms with Crippen LogP contribution >= 0.6 is 0 Å². The van der Waals surface area contributed by atoms with Crippen LogP contribution in [-0.4, -0.2) is 39.7 Å². The fourth-order valence-corrected chi connectivity index (χ4v) is 2.38. The number of nitrogen functional groups attached to an aromatic ring is 1. The van der Waals surface area contributed by atoms with Gasteiger partial charge in [0, 0.05) is 19.6 Å². The van der Waals surface area contributed by atoms with Gasteiger partial charge < -0.3 is 10.5 Å². The molecule has 1 atom stereocenters. The number of nitrogens with two attached hydrogens (primary N) is 1. The lowest BCUT2D eigenvalue weighted by atomic mass is 10.1. The summed E-state index contributed by atoms with van der Waals surface area (Å²) in [5.74, 6) is 0.462. The van der Waals surface area contributed by atoms with Crippen LogP contribution in [0, 0.1) is 0 Å². The highest BCUT2D eigenvalue weighted by molar-refractivity contribution is 5.22. The topological polar surface area (TPSA) is 64.3 Å². The lowest BCUT2D eigenvalue weighted by molar-refractivity contribution is -0.131. The first kappa shape index (κ1) is 12.3. The Morgan fingerprint density at radius 2 is 2.24 bits per heavy atom. The van der Waals surface area contributed by atoms with E-state index < -0.39 is 0 Å². The number of hydrogen-bond donors (Lipinski definition) is 1. The van der Waals surface area contributed by atoms with Gasteiger partial charge in [0.2, 0.25) is 0 Å². The summed E-state index contributed by atoms with van der Waals surface area (Å²) >= 11 is 0. The maximum atomic E-state index is 5.86. The van der Waals surface area contributed by atoms with Crippen LogP contribution in [0.1, 0.15) is 26.5 Å². The predicted molar refractivity (Wildman–Crippen MR) is 66.3 cm³/mol. The van der Waals surface area contributed by atoms with Gasteiger partial charge in [0.1, 0.15) is 5.82 Å². The minimum atomic E-state index is -0.0983. The van der Waals surface area contributed by atoms with Crippen LogP contribution < -0.4 is 5.73 Å². The molecule has 5 heteroatoms. The van der Waals surface area contributed by atoms with Crippen molar-refractivity contribution in [1.29, 1.82) is 0 Å². The molecule has 5 nitrogen and oxygen atoms in total. The number of morpholine rings is 1. The summed E-state index contributed by atoms with van der Waals surface area (Å²) in [4.78, 5) is 10.7. The predicted octanol–water partition coefficient (Wildman–Crippen LogP) is 1.06. The van der Waals surface area contributed by atoms with E-state index in [1.165, 1.54) is 0 Å². The zero-order valence-electron chi connectivity index (χ0n) is 10.7. The van der Waals surface area contributed by atoms with Crippen molar-refractivity contribution in [3.8, 4) is 0 Å². The first-order valence-electron chi connectivity index (χ1n) is 5.91. The molecule has 17 heavy (non-hydrogen) atoms. The molecule has 0 amide bonds. The van der Waals surface area contributed by atoms with Crippen LogP contribution in [0.3, 0.4) is 0 Å². The second kappa shape index (κ2) is 4.58. The third-order valence-corrected chi connectivity index (χ3v) is 2.75. The van der Waals surface area contributed by atoms with Gasteiger partial charge >= 0.3 is 0 Å². The molecular formula is C12H20N4O. The Kier molecular flexibility index (Phi) is 3.31. The molecule has 2 rings (SSSR count). The molecule has 0 bridgehead atoms. The van der Waals surface area contributed by atoms with Gasteiger partial charge in [-0.3, -0.25) is 9.88 Å². The molecule has 1 saturated heterocycles. The Balaban J connectivity index is 2.01. The summed E-state index contributed by atoms with van der Waals surface area (Å²) in [5, 5.41) is 0. The summed E-state index contributed by atoms with van der Waals surface area (Å²) in [6, 6.07) is 0. The quantitative estimate of drug-likeness (QED) is 0.831. The minimum absolute atomic E-state index is 0.0983. The number of ether oxygens (including phenoxy) is 1. The molecule has 0 spiro atoms. The van der Waals surface area contributed by atoms with Crippen molar-refractivity contribution in [3.05, 3.63) is 18.1 Å². The molecule has 1 unspecified atom stereocenters. The monoisotopic (exact) mass is 236 g/mol. The minimum Gasteiger partial charge on any atom is -0.382 e. The van der Waals surface area contributed by atoms with Gasteiger partial charge in [-0.25, -0.2) is 4.98 Å². The van der Waals surface area contributed by atoms with Gasteiger partial charge in [0.05, 0.1) is 29.8 Å². The van der Waals surface area contributed by atoms with Gasteiger partial charge in [-0.1, -0.05) is 0 Å². The SMILES string of the molecule is CC1CN(Cc2cnc(N)cn2)CC(C)(C)O1. The zero-order valence-corrected chi connectivity index (χ0v) is 10.7. The number of aromatic nitrogens is 2. The van der Waals surface area contributed by atoms with Crippen molar-refractivity contribution in [1.82, 2.24) is 14.9 Å². The Bertz CT molecular complexity index is 377. The summed E-state index contributed by atoms with van der Waals surface area (Å²) in [5.41, 5.74) is 6.37. The van der Waals surface area contributed by atoms with Gasteiger partial charge in [0.25, 0.3) is 0 Å². The standard InChI is InChI=1S/C12H20N4O/c1-9-6-16(8-12(2,3)17-9)7-10-4-15-11(13)5-14-10/h4-5,9H,6-8H2,1-3H3,(H2,13,15). The number of nitrogens with zero attached hydrogens (tertiary/aromatic N) is 3. The van der Waals surface area contributed by atoms with E-state index >= 15 is 0 Å². The lowest BCUT2D eigenvalue weighted by Gasteiger charge is -2.41. The van der Waals surface area contributed by atoms with E-state index in [-0.39, 0.29) is 11.7 Å². The van der Waals surface area contributed by atoms with Crippen LogP contribution in [0.4, 0.5) is 5.82 Å². The number of rotatable bonds is 2. The molecule has 0 aromatic carbocycles. The van der Waals surface area contributed by atoms with Gasteiger partial charge in [0.15, 0.2) is 0 Å². The Morgan fingerprint density at radius 1 is 1.47 bits per heavy atom. The van der Waals surface area contributed by atoms with Crippen molar-refractivity contribution < 1.29 is 4.74 Å². The van der Waals surface area contributed by atoms with E-state index in [0.717, 1.165) is 25.3 Å². The van der Waals surface area contributed by atoms with Crippen molar-refractivity contribution in [2.24, 2.45) is 0 Å². The average Bonchev–Trinajstić information content (AvgIpc) is 2.18. The largest absolute Gasteiger partial charge is 0.382 e. The molecule has 1 aliphatic heterocycles. The number of anilines is 1. The molecule has 94 valence electrons. The summed E-state index contributed by atoms with van der Waals surface area (Å²) < 4.78 is 5.86. The van der Waals surface area contributed by atoms with Crippen molar-refractivity contribution >= 4 is 5.82 Å². The third-order valence-electron chi connectivity index (χ3n) is 2.75. The molecule has 0 radical (unpaired) electrons. The Labute approximate surface area is 102 Å². The molecule has 1 aromatic rings. The zero-order chi connectivity index (χ0) is 12.5. The highest BCUT2D eigenvalue weighted by atomic mass is 16.5. The van der Waals surface area contributed by atoms with Gasteiger partial charge in [-0.2, -0.15) is 0 Å². The molecule has 0 aliphatic carbocycles. The van der Waals surface area contributed by atoms with Gasteiger partial charge in [-0.05, 0) is 20.8 Å². The van der Waals surface area contributed by atoms with E-state index in [9.17, 15) is 0 Å². The van der Waals surface area contributed by atoms with Crippen molar-refractivity contribution in [2.75, 3.05) is 18.8 Å². The highest BCUT2D eigenvalue weighted by Gasteiger charge is 2.31. The summed E-state index contributed by atoms with van der Waals surface area (Å²) in [7, 11) is 0. The Hall–Kier alpha value is -1.20. The second-order valence-electron chi connectivity index (χ2n) is 5.29. The van der Waals surface area contributed by atoms with Gasteiger partial charge in [-0.15, -0.1) is 0 Å². The summed E-state index contributed by atoms with van der Waals surface area (Å²) in [6.45, 7) is 8.96. The molecular weight excluding hydrogens is 216 g/mol. The Morgan fingerprint density at radius 3 is 2.82 bits per heavy atom. The maximum Gasteiger partial charge on any atom is 0.141 e. The molecule has 0 saturated carbocycles. The van der Waals surface area contributed by atoms with Crippen LogP contribution in [0.25, 0.3) is 0 Å². The van der Waals surface area contributed by atoms with E-state index in [1.807, 2.05) is 0 Å². The van der Waals surface area contributed by atoms with Crippen molar-refractivity contribution in [3.63, 3.8) is 0 Å². The molecule has 2 N–H and O–H groups in total.